The first-order chi connectivity index (χ1) is 37.1. The lowest BCUT2D eigenvalue weighted by Crippen LogP contribution is -2.43. The van der Waals surface area contributed by atoms with E-state index in [9.17, 15) is 53.4 Å². The van der Waals surface area contributed by atoms with Crippen molar-refractivity contribution in [3.8, 4) is 0 Å². The standard InChI is InChI=1S/C57H90N6O15/c1-7-12-42(19-23-50(67)57(5,6)55(74)61-27-25-45-36-58-40-63-45)49(66)37-62-48(54(72)73)16-8-9-26-59-52(69)39-78-34-31-75-29-11-15-47(65)38-77-33-32-76-30-28-60-51(68)24-20-43(53(70)71)35-46(64)14-10-13-41-17-21-44(22-18-41)56(2,3)4/h17-18,21-22,36,40,42-43,48,62H,7-16,19-20,23-35,37-39H2,1-6H3,(H,58,63)(H,59,69)(H,60,68)(H,61,74)(H,70,71)(H,72,73)/t42-,43-,48+/m1/s1. The summed E-state index contributed by atoms with van der Waals surface area (Å²) in [4.78, 5) is 119. The van der Waals surface area contributed by atoms with Crippen molar-refractivity contribution < 1.29 is 72.3 Å². The number of aryl methyl sites for hydroxylation is 1. The first-order valence-corrected chi connectivity index (χ1v) is 27.6. The molecule has 1 aromatic carbocycles. The van der Waals surface area contributed by atoms with E-state index in [4.69, 9.17) is 18.9 Å². The number of imidazole rings is 1. The zero-order chi connectivity index (χ0) is 57.8. The van der Waals surface area contributed by atoms with Gasteiger partial charge in [0.25, 0.3) is 0 Å². The number of carbonyl (C=O) groups is 9. The number of ether oxygens (including phenoxy) is 4. The number of aromatic amines is 1. The average molecular weight is 1100 g/mol. The number of nitrogens with zero attached hydrogens (tertiary/aromatic N) is 1. The fraction of sp³-hybridized carbons (Fsp3) is 0.684. The molecule has 0 aliphatic carbocycles. The van der Waals surface area contributed by atoms with Crippen LogP contribution in [0.2, 0.25) is 0 Å². The number of unbranched alkanes of at least 4 members (excludes halogenated alkanes) is 1. The Hall–Kier alpha value is -5.74. The van der Waals surface area contributed by atoms with Gasteiger partial charge in [0.2, 0.25) is 17.7 Å². The Kier molecular flexibility index (Phi) is 34.0. The summed E-state index contributed by atoms with van der Waals surface area (Å²) in [5, 5.41) is 30.4. The molecule has 21 nitrogen and oxygen atoms in total. The van der Waals surface area contributed by atoms with Gasteiger partial charge in [-0.3, -0.25) is 48.5 Å². The lowest BCUT2D eigenvalue weighted by molar-refractivity contribution is -0.144. The molecule has 438 valence electrons. The van der Waals surface area contributed by atoms with Crippen LogP contribution in [0.1, 0.15) is 148 Å². The largest absolute Gasteiger partial charge is 0.481 e. The van der Waals surface area contributed by atoms with E-state index >= 15 is 0 Å². The molecular weight excluding hydrogens is 1010 g/mol. The molecule has 1 aromatic heterocycles. The van der Waals surface area contributed by atoms with Crippen LogP contribution in [0, 0.1) is 17.3 Å². The summed E-state index contributed by atoms with van der Waals surface area (Å²) in [6.07, 6.45) is 8.76. The van der Waals surface area contributed by atoms with Crippen molar-refractivity contribution >= 4 is 52.8 Å². The molecule has 7 N–H and O–H groups in total. The highest BCUT2D eigenvalue weighted by Crippen LogP contribution is 2.25. The van der Waals surface area contributed by atoms with Gasteiger partial charge < -0.3 is 50.1 Å². The van der Waals surface area contributed by atoms with Crippen LogP contribution in [0.3, 0.4) is 0 Å². The third-order valence-electron chi connectivity index (χ3n) is 13.2. The van der Waals surface area contributed by atoms with E-state index in [-0.39, 0.29) is 151 Å². The topological polar surface area (TPSA) is 308 Å². The minimum Gasteiger partial charge on any atom is -0.481 e. The van der Waals surface area contributed by atoms with Gasteiger partial charge in [0.1, 0.15) is 42.0 Å². The maximum atomic E-state index is 13.2. The third kappa shape index (κ3) is 30.4. The Morgan fingerprint density at radius 3 is 1.92 bits per heavy atom. The molecule has 0 aliphatic heterocycles. The minimum atomic E-state index is -1.28. The van der Waals surface area contributed by atoms with E-state index in [2.05, 4.69) is 76.3 Å². The Bertz CT molecular complexity index is 2120. The van der Waals surface area contributed by atoms with Crippen LogP contribution >= 0.6 is 0 Å². The Balaban J connectivity index is 1.44. The first-order valence-electron chi connectivity index (χ1n) is 27.6. The van der Waals surface area contributed by atoms with E-state index in [1.165, 1.54) is 5.56 Å². The number of aliphatic carboxylic acids is 2. The molecule has 2 rings (SSSR count). The molecule has 0 unspecified atom stereocenters. The number of hydrogen-bond acceptors (Lipinski definition) is 15. The zero-order valence-electron chi connectivity index (χ0n) is 47.1. The van der Waals surface area contributed by atoms with Crippen molar-refractivity contribution in [2.45, 2.75) is 156 Å². The van der Waals surface area contributed by atoms with Crippen LogP contribution in [-0.2, 0) is 80.4 Å². The number of ketones is 4. The van der Waals surface area contributed by atoms with Crippen LogP contribution < -0.4 is 21.3 Å². The number of H-pyrrole nitrogens is 1. The van der Waals surface area contributed by atoms with E-state index in [1.807, 2.05) is 6.92 Å². The average Bonchev–Trinajstić information content (AvgIpc) is 3.91. The summed E-state index contributed by atoms with van der Waals surface area (Å²) in [5.74, 6) is -5.35. The number of carbonyl (C=O) groups excluding carboxylic acids is 7. The minimum absolute atomic E-state index is 0.0265. The predicted molar refractivity (Wildman–Crippen MR) is 292 cm³/mol. The van der Waals surface area contributed by atoms with Gasteiger partial charge in [0.15, 0.2) is 5.78 Å². The lowest BCUT2D eigenvalue weighted by Gasteiger charge is -2.24. The number of aromatic nitrogens is 2. The summed E-state index contributed by atoms with van der Waals surface area (Å²) in [6, 6.07) is 7.35. The van der Waals surface area contributed by atoms with Gasteiger partial charge in [-0.25, -0.2) is 4.98 Å². The molecule has 0 saturated heterocycles. The van der Waals surface area contributed by atoms with Gasteiger partial charge in [-0.15, -0.1) is 0 Å². The summed E-state index contributed by atoms with van der Waals surface area (Å²) >= 11 is 0. The predicted octanol–water partition coefficient (Wildman–Crippen LogP) is 5.05. The van der Waals surface area contributed by atoms with E-state index in [1.54, 1.807) is 26.4 Å². The third-order valence-corrected chi connectivity index (χ3v) is 13.2. The highest BCUT2D eigenvalue weighted by molar-refractivity contribution is 6.05. The van der Waals surface area contributed by atoms with Crippen molar-refractivity contribution in [2.24, 2.45) is 17.3 Å². The Morgan fingerprint density at radius 2 is 1.27 bits per heavy atom. The molecule has 3 amide bonds. The monoisotopic (exact) mass is 1100 g/mol. The molecule has 0 bridgehead atoms. The second kappa shape index (κ2) is 38.8. The summed E-state index contributed by atoms with van der Waals surface area (Å²) in [5.41, 5.74) is 2.00. The van der Waals surface area contributed by atoms with Crippen molar-refractivity contribution in [3.63, 3.8) is 0 Å². The molecule has 21 heteroatoms. The van der Waals surface area contributed by atoms with Crippen LogP contribution in [-0.4, -0.2) is 158 Å². The first kappa shape index (κ1) is 68.4. The molecule has 0 spiro atoms. The smallest absolute Gasteiger partial charge is 0.320 e. The summed E-state index contributed by atoms with van der Waals surface area (Å²) in [7, 11) is 0. The lowest BCUT2D eigenvalue weighted by atomic mass is 9.82. The summed E-state index contributed by atoms with van der Waals surface area (Å²) < 4.78 is 21.6. The number of carboxylic acid groups (broad SMARTS) is 2. The van der Waals surface area contributed by atoms with E-state index in [0.29, 0.717) is 64.6 Å². The van der Waals surface area contributed by atoms with Crippen molar-refractivity contribution in [1.29, 1.82) is 0 Å². The van der Waals surface area contributed by atoms with Crippen LogP contribution in [0.15, 0.2) is 36.8 Å². The normalized spacial score (nSPS) is 12.8. The van der Waals surface area contributed by atoms with Crippen molar-refractivity contribution in [2.75, 3.05) is 79.0 Å². The fourth-order valence-electron chi connectivity index (χ4n) is 8.19. The molecular formula is C57H90N6O15. The van der Waals surface area contributed by atoms with Gasteiger partial charge in [0, 0.05) is 82.6 Å². The molecule has 3 atom stereocenters. The molecule has 2 aromatic rings. The zero-order valence-corrected chi connectivity index (χ0v) is 47.1. The highest BCUT2D eigenvalue weighted by Gasteiger charge is 2.36. The maximum absolute atomic E-state index is 13.2. The second-order valence-electron chi connectivity index (χ2n) is 21.2. The van der Waals surface area contributed by atoms with Crippen molar-refractivity contribution in [3.05, 3.63) is 53.6 Å². The van der Waals surface area contributed by atoms with Gasteiger partial charge in [-0.1, -0.05) is 58.4 Å². The number of Topliss-reactive ketones (excluding diaryl/α,β-unsaturated/α-hetero) is 4. The highest BCUT2D eigenvalue weighted by atomic mass is 16.5. The second-order valence-corrected chi connectivity index (χ2v) is 21.2. The fourth-order valence-corrected chi connectivity index (χ4v) is 8.19. The number of nitrogens with one attached hydrogen (secondary N) is 5. The number of benzene rings is 1. The van der Waals surface area contributed by atoms with Crippen LogP contribution in [0.25, 0.3) is 0 Å². The van der Waals surface area contributed by atoms with E-state index < -0.39 is 41.1 Å². The van der Waals surface area contributed by atoms with Gasteiger partial charge in [-0.05, 0) is 88.2 Å². The van der Waals surface area contributed by atoms with Gasteiger partial charge in [0.05, 0.1) is 51.8 Å². The number of amides is 3. The number of hydrogen-bond donors (Lipinski definition) is 7. The quantitative estimate of drug-likeness (QED) is 0.0337. The van der Waals surface area contributed by atoms with Gasteiger partial charge >= 0.3 is 11.9 Å². The SMILES string of the molecule is CCC[C@H](CCC(=O)C(C)(C)C(=O)NCCc1cnc[nH]1)C(=O)CN[C@@H](CCCCNC(=O)COCCOCCCC(=O)COCCOCCNC(=O)CC[C@H](CC(=O)CCCc1ccc(C(C)(C)C)cc1)C(=O)O)C(=O)O. The number of rotatable bonds is 47. The van der Waals surface area contributed by atoms with Crippen molar-refractivity contribution in [1.82, 2.24) is 31.2 Å². The Morgan fingerprint density at radius 1 is 0.615 bits per heavy atom. The number of carboxylic acids is 2. The molecule has 0 radical (unpaired) electrons. The molecule has 1 heterocycles. The van der Waals surface area contributed by atoms with Crippen LogP contribution in [0.5, 0.6) is 0 Å². The molecule has 0 fully saturated rings. The Labute approximate surface area is 460 Å². The molecule has 0 aliphatic rings. The maximum Gasteiger partial charge on any atom is 0.320 e. The summed E-state index contributed by atoms with van der Waals surface area (Å²) in [6.45, 7) is 13.2. The molecule has 0 saturated carbocycles. The molecule has 78 heavy (non-hydrogen) atoms. The van der Waals surface area contributed by atoms with E-state index in [0.717, 1.165) is 17.7 Å². The van der Waals surface area contributed by atoms with Gasteiger partial charge in [-0.2, -0.15) is 0 Å². The van der Waals surface area contributed by atoms with Crippen LogP contribution in [0.4, 0.5) is 0 Å².